The number of thiophene rings is 1. The van der Waals surface area contributed by atoms with Crippen LogP contribution in [-0.2, 0) is 16.3 Å². The molecular formula is C28H29F6N3O3S2. The predicted molar refractivity (Wildman–Crippen MR) is 152 cm³/mol. The van der Waals surface area contributed by atoms with Crippen LogP contribution in [0.5, 0.6) is 5.75 Å². The number of likely N-dealkylation sites (tertiary alicyclic amines) is 1. The van der Waals surface area contributed by atoms with E-state index in [-0.39, 0.29) is 39.4 Å². The second-order valence-electron chi connectivity index (χ2n) is 10.1. The minimum Gasteiger partial charge on any atom is -0.482 e. The van der Waals surface area contributed by atoms with Gasteiger partial charge in [-0.25, -0.2) is 8.42 Å². The van der Waals surface area contributed by atoms with E-state index < -0.39 is 35.2 Å². The number of hydrogen-bond acceptors (Lipinski definition) is 7. The van der Waals surface area contributed by atoms with Crippen molar-refractivity contribution in [2.45, 2.75) is 42.6 Å². The molecule has 2 heterocycles. The first kappa shape index (κ1) is 31.8. The molecule has 0 saturated carbocycles. The maximum atomic E-state index is 13.6. The zero-order valence-corrected chi connectivity index (χ0v) is 24.4. The van der Waals surface area contributed by atoms with E-state index in [1.807, 2.05) is 13.1 Å². The Hall–Kier alpha value is -3.15. The maximum absolute atomic E-state index is 13.6. The molecule has 4 rings (SSSR count). The Morgan fingerprint density at radius 2 is 1.76 bits per heavy atom. The summed E-state index contributed by atoms with van der Waals surface area (Å²) in [6, 6.07) is 8.83. The number of alkyl halides is 6. The largest absolute Gasteiger partial charge is 0.482 e. The Bertz CT molecular complexity index is 1580. The molecule has 0 bridgehead atoms. The van der Waals surface area contributed by atoms with Gasteiger partial charge in [-0.15, -0.1) is 11.3 Å². The quantitative estimate of drug-likeness (QED) is 0.224. The molecule has 0 radical (unpaired) electrons. The lowest BCUT2D eigenvalue weighted by atomic mass is 10.0. The zero-order valence-electron chi connectivity index (χ0n) is 22.7. The van der Waals surface area contributed by atoms with E-state index in [0.29, 0.717) is 10.1 Å². The van der Waals surface area contributed by atoms with Gasteiger partial charge in [-0.3, -0.25) is 0 Å². The zero-order chi connectivity index (χ0) is 30.7. The van der Waals surface area contributed by atoms with Crippen LogP contribution in [0.4, 0.5) is 37.7 Å². The van der Waals surface area contributed by atoms with Gasteiger partial charge in [-0.05, 0) is 62.1 Å². The number of anilines is 2. The van der Waals surface area contributed by atoms with Crippen molar-refractivity contribution >= 4 is 42.6 Å². The number of rotatable bonds is 8. The van der Waals surface area contributed by atoms with Crippen LogP contribution in [0, 0.1) is 11.8 Å². The minimum atomic E-state index is -4.66. The lowest BCUT2D eigenvalue weighted by Gasteiger charge is -2.30. The van der Waals surface area contributed by atoms with Gasteiger partial charge in [0.15, 0.2) is 16.4 Å². The van der Waals surface area contributed by atoms with Gasteiger partial charge < -0.3 is 20.3 Å². The number of benzene rings is 2. The molecule has 1 aromatic heterocycles. The predicted octanol–water partition coefficient (Wildman–Crippen LogP) is 6.32. The van der Waals surface area contributed by atoms with Gasteiger partial charge in [0.2, 0.25) is 0 Å². The SMILES string of the molecule is CN1CCC(Nc2cccc3c(CC(F)(F)F)c(C#CCNc4ccc(S(C)(=O)=O)cc4OCC(F)(F)F)sc23)CC1. The van der Waals surface area contributed by atoms with E-state index in [1.165, 1.54) is 12.1 Å². The molecule has 0 atom stereocenters. The fourth-order valence-electron chi connectivity index (χ4n) is 4.56. The second-order valence-corrected chi connectivity index (χ2v) is 13.1. The molecule has 2 aromatic carbocycles. The summed E-state index contributed by atoms with van der Waals surface area (Å²) in [4.78, 5) is 2.23. The number of sulfone groups is 1. The summed E-state index contributed by atoms with van der Waals surface area (Å²) in [6.45, 7) is 0.0419. The van der Waals surface area contributed by atoms with Gasteiger partial charge in [0.1, 0.15) is 5.75 Å². The Balaban J connectivity index is 1.59. The van der Waals surface area contributed by atoms with Crippen molar-refractivity contribution in [3.63, 3.8) is 0 Å². The number of fused-ring (bicyclic) bond motifs is 1. The van der Waals surface area contributed by atoms with E-state index >= 15 is 0 Å². The monoisotopic (exact) mass is 633 g/mol. The molecule has 0 aliphatic carbocycles. The second kappa shape index (κ2) is 12.6. The highest BCUT2D eigenvalue weighted by molar-refractivity contribution is 7.90. The number of halogens is 6. The summed E-state index contributed by atoms with van der Waals surface area (Å²) in [7, 11) is -1.68. The highest BCUT2D eigenvalue weighted by Gasteiger charge is 2.32. The Kier molecular flexibility index (Phi) is 9.54. The van der Waals surface area contributed by atoms with Crippen molar-refractivity contribution in [1.29, 1.82) is 0 Å². The standard InChI is InChI=1S/C28H29F6N3O3S2/c1-37-13-10-18(11-14-37)36-23-6-3-5-20-21(16-27(29,30)31)25(41-26(20)23)7-4-12-35-22-9-8-19(42(2,38)39)15-24(22)40-17-28(32,33)34/h3,5-6,8-9,15,18,35-36H,10-14,16-17H2,1-2H3. The van der Waals surface area contributed by atoms with Crippen LogP contribution in [0.2, 0.25) is 0 Å². The smallest absolute Gasteiger partial charge is 0.422 e. The summed E-state index contributed by atoms with van der Waals surface area (Å²) in [5.74, 6) is 5.20. The normalized spacial score (nSPS) is 15.3. The molecule has 42 heavy (non-hydrogen) atoms. The maximum Gasteiger partial charge on any atom is 0.422 e. The van der Waals surface area contributed by atoms with Crippen molar-refractivity contribution in [2.24, 2.45) is 0 Å². The van der Waals surface area contributed by atoms with Crippen molar-refractivity contribution in [2.75, 3.05) is 50.2 Å². The van der Waals surface area contributed by atoms with Crippen LogP contribution in [0.25, 0.3) is 10.1 Å². The van der Waals surface area contributed by atoms with E-state index in [2.05, 4.69) is 27.4 Å². The molecule has 0 unspecified atom stereocenters. The van der Waals surface area contributed by atoms with Crippen LogP contribution < -0.4 is 15.4 Å². The molecule has 1 saturated heterocycles. The lowest BCUT2D eigenvalue weighted by Crippen LogP contribution is -2.36. The van der Waals surface area contributed by atoms with E-state index in [1.54, 1.807) is 12.1 Å². The first-order valence-corrected chi connectivity index (χ1v) is 15.6. The lowest BCUT2D eigenvalue weighted by molar-refractivity contribution is -0.153. The van der Waals surface area contributed by atoms with Crippen LogP contribution in [0.1, 0.15) is 23.3 Å². The van der Waals surface area contributed by atoms with Gasteiger partial charge in [0, 0.05) is 18.4 Å². The summed E-state index contributed by atoms with van der Waals surface area (Å²) in [5, 5.41) is 6.72. The summed E-state index contributed by atoms with van der Waals surface area (Å²) < 4.78 is 108. The minimum absolute atomic E-state index is 0.0532. The van der Waals surface area contributed by atoms with E-state index in [4.69, 9.17) is 4.74 Å². The topological polar surface area (TPSA) is 70.7 Å². The number of nitrogens with one attached hydrogen (secondary N) is 2. The van der Waals surface area contributed by atoms with Crippen molar-refractivity contribution in [3.8, 4) is 17.6 Å². The number of ether oxygens (including phenoxy) is 1. The average Bonchev–Trinajstić information content (AvgIpc) is 3.22. The molecule has 3 aromatic rings. The number of hydrogen-bond donors (Lipinski definition) is 2. The fourth-order valence-corrected chi connectivity index (χ4v) is 6.36. The van der Waals surface area contributed by atoms with Gasteiger partial charge in [0.25, 0.3) is 0 Å². The molecular weight excluding hydrogens is 604 g/mol. The third kappa shape index (κ3) is 8.68. The number of piperidine rings is 1. The van der Waals surface area contributed by atoms with Gasteiger partial charge >= 0.3 is 12.4 Å². The van der Waals surface area contributed by atoms with Crippen molar-refractivity contribution < 1.29 is 39.5 Å². The third-order valence-corrected chi connectivity index (χ3v) is 8.92. The Labute approximate surface area is 244 Å². The molecule has 6 nitrogen and oxygen atoms in total. The molecule has 1 aliphatic rings. The van der Waals surface area contributed by atoms with Crippen molar-refractivity contribution in [1.82, 2.24) is 4.90 Å². The molecule has 1 fully saturated rings. The Morgan fingerprint density at radius 1 is 1.05 bits per heavy atom. The average molecular weight is 634 g/mol. The van der Waals surface area contributed by atoms with Crippen molar-refractivity contribution in [3.05, 3.63) is 46.8 Å². The molecule has 0 spiro atoms. The van der Waals surface area contributed by atoms with E-state index in [9.17, 15) is 34.8 Å². The summed E-state index contributed by atoms with van der Waals surface area (Å²) in [6.07, 6.45) is -7.56. The van der Waals surface area contributed by atoms with E-state index in [0.717, 1.165) is 55.3 Å². The molecule has 0 amide bonds. The summed E-state index contributed by atoms with van der Waals surface area (Å²) in [5.41, 5.74) is 0.866. The Morgan fingerprint density at radius 3 is 2.40 bits per heavy atom. The first-order valence-electron chi connectivity index (χ1n) is 12.9. The van der Waals surface area contributed by atoms with Crippen LogP contribution in [0.15, 0.2) is 41.3 Å². The molecule has 2 N–H and O–H groups in total. The molecule has 1 aliphatic heterocycles. The highest BCUT2D eigenvalue weighted by Crippen LogP contribution is 2.39. The fraction of sp³-hybridized carbons (Fsp3) is 0.429. The van der Waals surface area contributed by atoms with Gasteiger partial charge in [0.05, 0.1) is 38.8 Å². The van der Waals surface area contributed by atoms with Crippen LogP contribution in [0.3, 0.4) is 0 Å². The van der Waals surface area contributed by atoms with Crippen LogP contribution in [-0.4, -0.2) is 71.3 Å². The third-order valence-electron chi connectivity index (χ3n) is 6.62. The van der Waals surface area contributed by atoms with Gasteiger partial charge in [-0.2, -0.15) is 26.3 Å². The highest BCUT2D eigenvalue weighted by atomic mass is 32.2. The first-order chi connectivity index (χ1) is 19.6. The van der Waals surface area contributed by atoms with Crippen LogP contribution >= 0.6 is 11.3 Å². The molecule has 14 heteroatoms. The molecule has 228 valence electrons. The summed E-state index contributed by atoms with van der Waals surface area (Å²) >= 11 is 1.15. The number of nitrogens with zero attached hydrogens (tertiary/aromatic N) is 1. The van der Waals surface area contributed by atoms with Gasteiger partial charge in [-0.1, -0.05) is 24.0 Å².